The Bertz CT molecular complexity index is 1250. The molecular weight excluding hydrogens is 434 g/mol. The predicted octanol–water partition coefficient (Wildman–Crippen LogP) is 4.57. The van der Waals surface area contributed by atoms with Crippen molar-refractivity contribution in [2.24, 2.45) is 0 Å². The van der Waals surface area contributed by atoms with Crippen LogP contribution in [0.3, 0.4) is 0 Å². The highest BCUT2D eigenvalue weighted by Crippen LogP contribution is 2.25. The van der Waals surface area contributed by atoms with Gasteiger partial charge in [0.1, 0.15) is 5.01 Å². The molecule has 1 fully saturated rings. The van der Waals surface area contributed by atoms with Gasteiger partial charge >= 0.3 is 0 Å². The van der Waals surface area contributed by atoms with Crippen LogP contribution in [0.4, 0.5) is 0 Å². The molecule has 168 valence electrons. The van der Waals surface area contributed by atoms with Crippen molar-refractivity contribution in [1.29, 1.82) is 0 Å². The zero-order valence-corrected chi connectivity index (χ0v) is 19.5. The Morgan fingerprint density at radius 3 is 2.58 bits per heavy atom. The van der Waals surface area contributed by atoms with Gasteiger partial charge in [0.05, 0.1) is 16.3 Å². The normalized spacial score (nSPS) is 16.0. The minimum atomic E-state index is -0.00718. The summed E-state index contributed by atoms with van der Waals surface area (Å²) in [6, 6.07) is 16.1. The molecule has 2 aromatic heterocycles. The van der Waals surface area contributed by atoms with Crippen LogP contribution in [0.25, 0.3) is 27.7 Å². The molecule has 0 spiro atoms. The number of rotatable bonds is 5. The molecule has 1 unspecified atom stereocenters. The summed E-state index contributed by atoms with van der Waals surface area (Å²) in [6.45, 7) is 6.94. The number of benzene rings is 2. The van der Waals surface area contributed by atoms with Crippen molar-refractivity contribution < 1.29 is 9.32 Å². The number of thiazole rings is 1. The van der Waals surface area contributed by atoms with Crippen LogP contribution < -0.4 is 0 Å². The lowest BCUT2D eigenvalue weighted by molar-refractivity contribution is -0.128. The van der Waals surface area contributed by atoms with E-state index in [1.165, 1.54) is 5.56 Å². The van der Waals surface area contributed by atoms with Gasteiger partial charge in [-0.3, -0.25) is 9.69 Å². The molecule has 33 heavy (non-hydrogen) atoms. The standard InChI is InChI=1S/C25H25N5O2S/c1-17-7-9-19(10-8-17)24-27-25(32-28-24)18(2)29-13-15-30(16-14-29)23(31)12-11-22-26-20-5-3-4-6-21(20)33-22/h3-12,18H,13-16H2,1-2H3/b12-11+. The van der Waals surface area contributed by atoms with Gasteiger partial charge in [-0.05, 0) is 32.1 Å². The number of para-hydroxylation sites is 1. The highest BCUT2D eigenvalue weighted by molar-refractivity contribution is 7.19. The number of nitrogens with zero attached hydrogens (tertiary/aromatic N) is 5. The van der Waals surface area contributed by atoms with Gasteiger partial charge < -0.3 is 9.42 Å². The van der Waals surface area contributed by atoms with Crippen LogP contribution in [0.5, 0.6) is 0 Å². The Morgan fingerprint density at radius 1 is 1.06 bits per heavy atom. The van der Waals surface area contributed by atoms with Gasteiger partial charge in [-0.2, -0.15) is 4.98 Å². The molecule has 2 aromatic carbocycles. The molecule has 1 amide bonds. The average Bonchev–Trinajstić information content (AvgIpc) is 3.50. The largest absolute Gasteiger partial charge is 0.337 e. The number of carbonyl (C=O) groups is 1. The third-order valence-electron chi connectivity index (χ3n) is 5.96. The number of carbonyl (C=O) groups excluding carboxylic acids is 1. The first-order chi connectivity index (χ1) is 16.1. The van der Waals surface area contributed by atoms with Crippen LogP contribution in [-0.2, 0) is 4.79 Å². The number of hydrogen-bond donors (Lipinski definition) is 0. The Kier molecular flexibility index (Phi) is 6.02. The Labute approximate surface area is 196 Å². The minimum Gasteiger partial charge on any atom is -0.337 e. The quantitative estimate of drug-likeness (QED) is 0.407. The Hall–Kier alpha value is -3.36. The van der Waals surface area contributed by atoms with Gasteiger partial charge in [-0.15, -0.1) is 11.3 Å². The summed E-state index contributed by atoms with van der Waals surface area (Å²) < 4.78 is 6.67. The van der Waals surface area contributed by atoms with Gasteiger partial charge in [-0.1, -0.05) is 47.1 Å². The van der Waals surface area contributed by atoms with E-state index in [4.69, 9.17) is 4.52 Å². The van der Waals surface area contributed by atoms with Gasteiger partial charge in [0.25, 0.3) is 0 Å². The van der Waals surface area contributed by atoms with E-state index in [1.807, 2.05) is 59.5 Å². The summed E-state index contributed by atoms with van der Waals surface area (Å²) in [7, 11) is 0. The van der Waals surface area contributed by atoms with E-state index < -0.39 is 0 Å². The van der Waals surface area contributed by atoms with Crippen LogP contribution in [0, 0.1) is 6.92 Å². The van der Waals surface area contributed by atoms with Crippen LogP contribution in [0.1, 0.15) is 29.4 Å². The molecule has 1 saturated heterocycles. The van der Waals surface area contributed by atoms with Crippen molar-refractivity contribution in [3.63, 3.8) is 0 Å². The summed E-state index contributed by atoms with van der Waals surface area (Å²) in [5.74, 6) is 1.22. The highest BCUT2D eigenvalue weighted by atomic mass is 32.1. The van der Waals surface area contributed by atoms with Crippen molar-refractivity contribution in [2.45, 2.75) is 19.9 Å². The van der Waals surface area contributed by atoms with Crippen molar-refractivity contribution in [1.82, 2.24) is 24.9 Å². The topological polar surface area (TPSA) is 75.4 Å². The molecule has 3 heterocycles. The second-order valence-electron chi connectivity index (χ2n) is 8.21. The Balaban J connectivity index is 1.17. The SMILES string of the molecule is Cc1ccc(-c2noc(C(C)N3CCN(C(=O)/C=C/c4nc5ccccc5s4)CC3)n2)cc1. The van der Waals surface area contributed by atoms with E-state index in [2.05, 4.69) is 33.9 Å². The fraction of sp³-hybridized carbons (Fsp3) is 0.280. The predicted molar refractivity (Wildman–Crippen MR) is 130 cm³/mol. The monoisotopic (exact) mass is 459 g/mol. The van der Waals surface area contributed by atoms with Crippen molar-refractivity contribution in [3.05, 3.63) is 71.1 Å². The molecule has 0 bridgehead atoms. The molecule has 1 aliphatic rings. The van der Waals surface area contributed by atoms with Gasteiger partial charge in [0.15, 0.2) is 0 Å². The molecule has 1 atom stereocenters. The van der Waals surface area contributed by atoms with Crippen LogP contribution in [-0.4, -0.2) is 57.0 Å². The van der Waals surface area contributed by atoms with Crippen molar-refractivity contribution >= 4 is 33.5 Å². The first kappa shape index (κ1) is 21.5. The lowest BCUT2D eigenvalue weighted by Crippen LogP contribution is -2.48. The van der Waals surface area contributed by atoms with E-state index >= 15 is 0 Å². The number of amides is 1. The summed E-state index contributed by atoms with van der Waals surface area (Å²) in [6.07, 6.45) is 3.44. The zero-order chi connectivity index (χ0) is 22.8. The number of piperazine rings is 1. The molecule has 7 nitrogen and oxygen atoms in total. The van der Waals surface area contributed by atoms with E-state index in [0.29, 0.717) is 24.8 Å². The number of fused-ring (bicyclic) bond motifs is 1. The average molecular weight is 460 g/mol. The zero-order valence-electron chi connectivity index (χ0n) is 18.6. The van der Waals surface area contributed by atoms with Crippen LogP contribution in [0.2, 0.25) is 0 Å². The van der Waals surface area contributed by atoms with E-state index in [1.54, 1.807) is 17.4 Å². The molecule has 0 saturated carbocycles. The van der Waals surface area contributed by atoms with Crippen LogP contribution >= 0.6 is 11.3 Å². The fourth-order valence-corrected chi connectivity index (χ4v) is 4.79. The third kappa shape index (κ3) is 4.72. The first-order valence-electron chi connectivity index (χ1n) is 11.0. The number of hydrogen-bond acceptors (Lipinski definition) is 7. The van der Waals surface area contributed by atoms with Gasteiger partial charge in [0.2, 0.25) is 17.6 Å². The number of aromatic nitrogens is 3. The molecule has 1 aliphatic heterocycles. The second kappa shape index (κ2) is 9.25. The summed E-state index contributed by atoms with van der Waals surface area (Å²) in [4.78, 5) is 26.0. The first-order valence-corrected chi connectivity index (χ1v) is 11.9. The highest BCUT2D eigenvalue weighted by Gasteiger charge is 2.27. The molecule has 0 aliphatic carbocycles. The maximum Gasteiger partial charge on any atom is 0.246 e. The van der Waals surface area contributed by atoms with Crippen molar-refractivity contribution in [3.8, 4) is 11.4 Å². The van der Waals surface area contributed by atoms with Crippen molar-refractivity contribution in [2.75, 3.05) is 26.2 Å². The van der Waals surface area contributed by atoms with Gasteiger partial charge in [-0.25, -0.2) is 4.98 Å². The van der Waals surface area contributed by atoms with Crippen LogP contribution in [0.15, 0.2) is 59.1 Å². The maximum atomic E-state index is 12.7. The summed E-state index contributed by atoms with van der Waals surface area (Å²) in [5.41, 5.74) is 3.10. The third-order valence-corrected chi connectivity index (χ3v) is 6.96. The second-order valence-corrected chi connectivity index (χ2v) is 9.27. The minimum absolute atomic E-state index is 0.00718. The lowest BCUT2D eigenvalue weighted by atomic mass is 10.1. The molecule has 0 radical (unpaired) electrons. The lowest BCUT2D eigenvalue weighted by Gasteiger charge is -2.36. The summed E-state index contributed by atoms with van der Waals surface area (Å²) in [5, 5.41) is 5.00. The molecule has 8 heteroatoms. The Morgan fingerprint density at radius 2 is 1.82 bits per heavy atom. The van der Waals surface area contributed by atoms with E-state index in [0.717, 1.165) is 33.9 Å². The van der Waals surface area contributed by atoms with E-state index in [9.17, 15) is 4.79 Å². The molecule has 4 aromatic rings. The summed E-state index contributed by atoms with van der Waals surface area (Å²) >= 11 is 1.59. The molecule has 5 rings (SSSR count). The smallest absolute Gasteiger partial charge is 0.246 e. The van der Waals surface area contributed by atoms with E-state index in [-0.39, 0.29) is 11.9 Å². The molecule has 0 N–H and O–H groups in total. The van der Waals surface area contributed by atoms with Gasteiger partial charge in [0, 0.05) is 37.8 Å². The maximum absolute atomic E-state index is 12.7. The molecular formula is C25H25N5O2S. The number of aryl methyl sites for hydroxylation is 1. The fourth-order valence-electron chi connectivity index (χ4n) is 3.92.